The SMILES string of the molecule is Cc1ccccc1NS(=O)(=O)c1c[nH]c2ccc(N)cc12. The Morgan fingerprint density at radius 2 is 1.90 bits per heavy atom. The zero-order valence-electron chi connectivity index (χ0n) is 11.4. The molecule has 0 saturated carbocycles. The van der Waals surface area contributed by atoms with Crippen molar-refractivity contribution in [3.63, 3.8) is 0 Å². The lowest BCUT2D eigenvalue weighted by Gasteiger charge is -2.09. The highest BCUT2D eigenvalue weighted by Gasteiger charge is 2.19. The second-order valence-corrected chi connectivity index (χ2v) is 6.53. The van der Waals surface area contributed by atoms with Gasteiger partial charge in [-0.15, -0.1) is 0 Å². The van der Waals surface area contributed by atoms with Gasteiger partial charge in [-0.3, -0.25) is 4.72 Å². The van der Waals surface area contributed by atoms with Gasteiger partial charge < -0.3 is 10.7 Å². The summed E-state index contributed by atoms with van der Waals surface area (Å²) >= 11 is 0. The number of para-hydroxylation sites is 1. The Bertz CT molecular complexity index is 914. The van der Waals surface area contributed by atoms with E-state index in [1.54, 1.807) is 30.3 Å². The molecule has 0 bridgehead atoms. The summed E-state index contributed by atoms with van der Waals surface area (Å²) in [4.78, 5) is 3.14. The van der Waals surface area contributed by atoms with Crippen LogP contribution >= 0.6 is 0 Å². The molecule has 3 rings (SSSR count). The number of hydrogen-bond donors (Lipinski definition) is 3. The fraction of sp³-hybridized carbons (Fsp3) is 0.0667. The molecule has 0 atom stereocenters. The molecule has 2 aromatic carbocycles. The zero-order chi connectivity index (χ0) is 15.0. The van der Waals surface area contributed by atoms with E-state index in [1.807, 2.05) is 19.1 Å². The Kier molecular flexibility index (Phi) is 3.10. The molecule has 5 nitrogen and oxygen atoms in total. The Labute approximate surface area is 122 Å². The highest BCUT2D eigenvalue weighted by atomic mass is 32.2. The number of fused-ring (bicyclic) bond motifs is 1. The predicted molar refractivity (Wildman–Crippen MR) is 84.7 cm³/mol. The summed E-state index contributed by atoms with van der Waals surface area (Å²) in [5.74, 6) is 0. The van der Waals surface area contributed by atoms with Crippen LogP contribution in [0.15, 0.2) is 53.6 Å². The third-order valence-electron chi connectivity index (χ3n) is 3.35. The molecule has 21 heavy (non-hydrogen) atoms. The average Bonchev–Trinajstić information content (AvgIpc) is 2.85. The smallest absolute Gasteiger partial charge is 0.264 e. The van der Waals surface area contributed by atoms with Crippen LogP contribution in [0.4, 0.5) is 11.4 Å². The minimum atomic E-state index is -3.67. The number of aromatic amines is 1. The highest BCUT2D eigenvalue weighted by molar-refractivity contribution is 7.93. The van der Waals surface area contributed by atoms with Crippen LogP contribution in [-0.4, -0.2) is 13.4 Å². The molecule has 1 heterocycles. The van der Waals surface area contributed by atoms with E-state index < -0.39 is 10.0 Å². The van der Waals surface area contributed by atoms with Crippen molar-refractivity contribution in [2.75, 3.05) is 10.5 Å². The number of sulfonamides is 1. The molecule has 0 saturated heterocycles. The number of nitrogens with two attached hydrogens (primary N) is 1. The largest absolute Gasteiger partial charge is 0.399 e. The molecule has 6 heteroatoms. The molecule has 0 spiro atoms. The first-order valence-corrected chi connectivity index (χ1v) is 7.91. The zero-order valence-corrected chi connectivity index (χ0v) is 12.2. The molecule has 4 N–H and O–H groups in total. The van der Waals surface area contributed by atoms with Gasteiger partial charge >= 0.3 is 0 Å². The van der Waals surface area contributed by atoms with Crippen molar-refractivity contribution in [3.8, 4) is 0 Å². The van der Waals surface area contributed by atoms with Crippen LogP contribution in [0, 0.1) is 6.92 Å². The Hall–Kier alpha value is -2.47. The predicted octanol–water partition coefficient (Wildman–Crippen LogP) is 2.86. The summed E-state index contributed by atoms with van der Waals surface area (Å²) in [6.45, 7) is 1.85. The average molecular weight is 301 g/mol. The number of H-pyrrole nitrogens is 1. The highest BCUT2D eigenvalue weighted by Crippen LogP contribution is 2.27. The monoisotopic (exact) mass is 301 g/mol. The normalized spacial score (nSPS) is 11.7. The van der Waals surface area contributed by atoms with Gasteiger partial charge in [0.25, 0.3) is 10.0 Å². The van der Waals surface area contributed by atoms with Gasteiger partial charge in [-0.1, -0.05) is 18.2 Å². The van der Waals surface area contributed by atoms with Gasteiger partial charge in [0, 0.05) is 22.8 Å². The van der Waals surface area contributed by atoms with Crippen LogP contribution in [0.3, 0.4) is 0 Å². The van der Waals surface area contributed by atoms with E-state index in [9.17, 15) is 8.42 Å². The van der Waals surface area contributed by atoms with Crippen molar-refractivity contribution in [1.29, 1.82) is 0 Å². The van der Waals surface area contributed by atoms with Gasteiger partial charge in [0.15, 0.2) is 0 Å². The second kappa shape index (κ2) is 4.82. The number of nitrogen functional groups attached to an aromatic ring is 1. The molecule has 0 aliphatic rings. The summed E-state index contributed by atoms with van der Waals surface area (Å²) in [6, 6.07) is 12.4. The van der Waals surface area contributed by atoms with Gasteiger partial charge in [-0.25, -0.2) is 8.42 Å². The van der Waals surface area contributed by atoms with Crippen molar-refractivity contribution in [2.45, 2.75) is 11.8 Å². The maximum Gasteiger partial charge on any atom is 0.264 e. The molecule has 0 aliphatic heterocycles. The lowest BCUT2D eigenvalue weighted by molar-refractivity contribution is 0.602. The van der Waals surface area contributed by atoms with E-state index in [0.717, 1.165) is 11.1 Å². The Balaban J connectivity index is 2.09. The molecule has 0 radical (unpaired) electrons. The number of aromatic nitrogens is 1. The van der Waals surface area contributed by atoms with Gasteiger partial charge in [0.05, 0.1) is 5.69 Å². The Morgan fingerprint density at radius 1 is 1.14 bits per heavy atom. The van der Waals surface area contributed by atoms with Gasteiger partial charge in [0.1, 0.15) is 4.90 Å². The van der Waals surface area contributed by atoms with Crippen molar-refractivity contribution in [2.24, 2.45) is 0 Å². The number of anilines is 2. The molecule has 108 valence electrons. The lowest BCUT2D eigenvalue weighted by Crippen LogP contribution is -2.13. The summed E-state index contributed by atoms with van der Waals surface area (Å²) < 4.78 is 27.7. The molecule has 0 amide bonds. The van der Waals surface area contributed by atoms with Crippen LogP contribution in [0.25, 0.3) is 10.9 Å². The van der Waals surface area contributed by atoms with Crippen molar-refractivity contribution >= 4 is 32.3 Å². The number of aryl methyl sites for hydroxylation is 1. The summed E-state index contributed by atoms with van der Waals surface area (Å²) in [6.07, 6.45) is 1.48. The van der Waals surface area contributed by atoms with Crippen LogP contribution in [-0.2, 0) is 10.0 Å². The first-order chi connectivity index (χ1) is 9.97. The second-order valence-electron chi connectivity index (χ2n) is 4.88. The van der Waals surface area contributed by atoms with E-state index in [0.29, 0.717) is 16.8 Å². The first-order valence-electron chi connectivity index (χ1n) is 6.42. The van der Waals surface area contributed by atoms with Gasteiger partial charge in [-0.2, -0.15) is 0 Å². The fourth-order valence-electron chi connectivity index (χ4n) is 2.22. The molecular weight excluding hydrogens is 286 g/mol. The third kappa shape index (κ3) is 2.45. The van der Waals surface area contributed by atoms with Crippen LogP contribution in [0.5, 0.6) is 0 Å². The summed E-state index contributed by atoms with van der Waals surface area (Å²) in [7, 11) is -3.67. The number of rotatable bonds is 3. The molecule has 1 aromatic heterocycles. The van der Waals surface area contributed by atoms with E-state index in [-0.39, 0.29) is 4.90 Å². The van der Waals surface area contributed by atoms with Crippen LogP contribution in [0.1, 0.15) is 5.56 Å². The van der Waals surface area contributed by atoms with Crippen molar-refractivity contribution in [3.05, 3.63) is 54.2 Å². The third-order valence-corrected chi connectivity index (χ3v) is 4.75. The summed E-state index contributed by atoms with van der Waals surface area (Å²) in [5, 5.41) is 0.580. The van der Waals surface area contributed by atoms with Crippen LogP contribution < -0.4 is 10.5 Å². The van der Waals surface area contributed by atoms with Crippen molar-refractivity contribution in [1.82, 2.24) is 4.98 Å². The van der Waals surface area contributed by atoms with E-state index in [1.165, 1.54) is 6.20 Å². The number of hydrogen-bond acceptors (Lipinski definition) is 3. The standard InChI is InChI=1S/C15H15N3O2S/c1-10-4-2-3-5-13(10)18-21(19,20)15-9-17-14-7-6-11(16)8-12(14)15/h2-9,17-18H,16H2,1H3. The van der Waals surface area contributed by atoms with E-state index in [4.69, 9.17) is 5.73 Å². The first kappa shape index (κ1) is 13.5. The molecular formula is C15H15N3O2S. The maximum absolute atomic E-state index is 12.6. The fourth-order valence-corrected chi connectivity index (χ4v) is 3.52. The van der Waals surface area contributed by atoms with Crippen molar-refractivity contribution < 1.29 is 8.42 Å². The van der Waals surface area contributed by atoms with E-state index >= 15 is 0 Å². The van der Waals surface area contributed by atoms with Gasteiger partial charge in [-0.05, 0) is 36.8 Å². The van der Waals surface area contributed by atoms with E-state index in [2.05, 4.69) is 9.71 Å². The topological polar surface area (TPSA) is 88.0 Å². The molecule has 0 unspecified atom stereocenters. The summed E-state index contributed by atoms with van der Waals surface area (Å²) in [5.41, 5.74) is 8.42. The minimum absolute atomic E-state index is 0.188. The minimum Gasteiger partial charge on any atom is -0.399 e. The lowest BCUT2D eigenvalue weighted by atomic mass is 10.2. The maximum atomic E-state index is 12.6. The quantitative estimate of drug-likeness (QED) is 0.650. The Morgan fingerprint density at radius 3 is 2.67 bits per heavy atom. The number of nitrogens with one attached hydrogen (secondary N) is 2. The van der Waals surface area contributed by atoms with Gasteiger partial charge in [0.2, 0.25) is 0 Å². The molecule has 0 fully saturated rings. The molecule has 0 aliphatic carbocycles. The van der Waals surface area contributed by atoms with Crippen LogP contribution in [0.2, 0.25) is 0 Å². The molecule has 3 aromatic rings. The number of benzene rings is 2.